The molecule has 1 amide bonds. The van der Waals surface area contributed by atoms with Crippen molar-refractivity contribution in [1.29, 1.82) is 0 Å². The number of carbonyl (C=O) groups excluding carboxylic acids is 1. The molecule has 0 radical (unpaired) electrons. The van der Waals surface area contributed by atoms with Crippen LogP contribution in [-0.2, 0) is 4.79 Å². The number of H-pyrrole nitrogens is 1. The van der Waals surface area contributed by atoms with Crippen LogP contribution < -0.4 is 10.9 Å². The van der Waals surface area contributed by atoms with Gasteiger partial charge in [0.2, 0.25) is 0 Å². The van der Waals surface area contributed by atoms with Crippen molar-refractivity contribution < 1.29 is 14.7 Å². The van der Waals surface area contributed by atoms with E-state index >= 15 is 0 Å². The monoisotopic (exact) mass is 264 g/mol. The van der Waals surface area contributed by atoms with Gasteiger partial charge in [0.1, 0.15) is 5.56 Å². The van der Waals surface area contributed by atoms with Crippen LogP contribution in [0.2, 0.25) is 0 Å². The van der Waals surface area contributed by atoms with E-state index in [9.17, 15) is 14.4 Å². The molecule has 1 aromatic heterocycles. The lowest BCUT2D eigenvalue weighted by Gasteiger charge is -2.17. The Kier molecular flexibility index (Phi) is 3.69. The Hall–Kier alpha value is -2.11. The molecule has 6 heteroatoms. The van der Waals surface area contributed by atoms with Crippen LogP contribution in [0.1, 0.15) is 35.3 Å². The van der Waals surface area contributed by atoms with Gasteiger partial charge in [-0.2, -0.15) is 0 Å². The summed E-state index contributed by atoms with van der Waals surface area (Å²) in [6.07, 6.45) is 1.96. The van der Waals surface area contributed by atoms with Crippen LogP contribution in [0, 0.1) is 12.8 Å². The second kappa shape index (κ2) is 5.26. The van der Waals surface area contributed by atoms with Gasteiger partial charge in [-0.15, -0.1) is 0 Å². The van der Waals surface area contributed by atoms with Gasteiger partial charge in [0.15, 0.2) is 0 Å². The molecule has 2 atom stereocenters. The van der Waals surface area contributed by atoms with E-state index in [-0.39, 0.29) is 5.56 Å². The van der Waals surface area contributed by atoms with Crippen molar-refractivity contribution in [2.75, 3.05) is 0 Å². The molecule has 0 spiro atoms. The Labute approximate surface area is 109 Å². The second-order valence-electron chi connectivity index (χ2n) is 4.84. The Morgan fingerprint density at radius 3 is 2.74 bits per heavy atom. The van der Waals surface area contributed by atoms with Crippen molar-refractivity contribution in [1.82, 2.24) is 10.3 Å². The predicted octanol–water partition coefficient (Wildman–Crippen LogP) is 0.666. The van der Waals surface area contributed by atoms with Gasteiger partial charge >= 0.3 is 5.97 Å². The van der Waals surface area contributed by atoms with Crippen molar-refractivity contribution in [3.05, 3.63) is 33.7 Å². The average Bonchev–Trinajstić information content (AvgIpc) is 2.76. The smallest absolute Gasteiger partial charge is 0.308 e. The molecule has 1 heterocycles. The molecular formula is C13H16N2O4. The number of hydrogen-bond acceptors (Lipinski definition) is 3. The number of aromatic nitrogens is 1. The third-order valence-corrected chi connectivity index (χ3v) is 3.45. The molecule has 0 aromatic carbocycles. The molecular weight excluding hydrogens is 248 g/mol. The maximum absolute atomic E-state index is 12.0. The lowest BCUT2D eigenvalue weighted by atomic mass is 10.0. The van der Waals surface area contributed by atoms with Gasteiger partial charge in [0.25, 0.3) is 11.5 Å². The lowest BCUT2D eigenvalue weighted by molar-refractivity contribution is -0.142. The third kappa shape index (κ3) is 2.83. The summed E-state index contributed by atoms with van der Waals surface area (Å²) in [4.78, 5) is 37.2. The molecule has 1 fully saturated rings. The van der Waals surface area contributed by atoms with Gasteiger partial charge in [-0.05, 0) is 31.9 Å². The van der Waals surface area contributed by atoms with E-state index in [0.29, 0.717) is 18.5 Å². The molecule has 0 aliphatic heterocycles. The van der Waals surface area contributed by atoms with Crippen molar-refractivity contribution in [3.63, 3.8) is 0 Å². The summed E-state index contributed by atoms with van der Waals surface area (Å²) in [5, 5.41) is 11.7. The first-order valence-corrected chi connectivity index (χ1v) is 6.22. The van der Waals surface area contributed by atoms with Crippen LogP contribution in [-0.4, -0.2) is 28.0 Å². The van der Waals surface area contributed by atoms with Crippen molar-refractivity contribution in [3.8, 4) is 0 Å². The van der Waals surface area contributed by atoms with Crippen LogP contribution in [0.5, 0.6) is 0 Å². The number of carboxylic acids is 1. The minimum atomic E-state index is -0.902. The number of aryl methyl sites for hydroxylation is 1. The second-order valence-corrected chi connectivity index (χ2v) is 4.84. The van der Waals surface area contributed by atoms with E-state index in [4.69, 9.17) is 5.11 Å². The van der Waals surface area contributed by atoms with Crippen molar-refractivity contribution >= 4 is 11.9 Å². The molecule has 2 unspecified atom stereocenters. The van der Waals surface area contributed by atoms with Crippen LogP contribution in [0.3, 0.4) is 0 Å². The molecule has 1 saturated carbocycles. The highest BCUT2D eigenvalue weighted by Gasteiger charge is 2.34. The summed E-state index contributed by atoms with van der Waals surface area (Å²) in [5.41, 5.74) is 0.231. The number of amides is 1. The van der Waals surface area contributed by atoms with E-state index in [2.05, 4.69) is 10.3 Å². The molecule has 3 N–H and O–H groups in total. The van der Waals surface area contributed by atoms with Gasteiger partial charge in [0.05, 0.1) is 5.92 Å². The maximum Gasteiger partial charge on any atom is 0.308 e. The molecule has 1 aliphatic rings. The SMILES string of the molecule is Cc1ccc(C(=O)NC2CCCC2C(=O)O)c(=O)[nH]1. The molecule has 0 bridgehead atoms. The third-order valence-electron chi connectivity index (χ3n) is 3.45. The number of aromatic amines is 1. The summed E-state index contributed by atoms with van der Waals surface area (Å²) in [7, 11) is 0. The highest BCUT2D eigenvalue weighted by molar-refractivity contribution is 5.94. The quantitative estimate of drug-likeness (QED) is 0.747. The number of pyridine rings is 1. The van der Waals surface area contributed by atoms with Crippen LogP contribution in [0.15, 0.2) is 16.9 Å². The van der Waals surface area contributed by atoms with Gasteiger partial charge in [0, 0.05) is 11.7 Å². The van der Waals surface area contributed by atoms with Gasteiger partial charge in [-0.3, -0.25) is 14.4 Å². The fourth-order valence-corrected chi connectivity index (χ4v) is 2.43. The van der Waals surface area contributed by atoms with Gasteiger partial charge < -0.3 is 15.4 Å². The number of carbonyl (C=O) groups is 2. The standard InChI is InChI=1S/C13H16N2O4/c1-7-5-6-9(11(16)14-7)12(17)15-10-4-2-3-8(10)13(18)19/h5-6,8,10H,2-4H2,1H3,(H,14,16)(H,15,17)(H,18,19). The van der Waals surface area contributed by atoms with E-state index in [1.54, 1.807) is 13.0 Å². The largest absolute Gasteiger partial charge is 0.481 e. The summed E-state index contributed by atoms with van der Waals surface area (Å²) < 4.78 is 0. The normalized spacial score (nSPS) is 22.2. The van der Waals surface area contributed by atoms with E-state index in [1.807, 2.05) is 0 Å². The number of nitrogens with one attached hydrogen (secondary N) is 2. The number of carboxylic acid groups (broad SMARTS) is 1. The van der Waals surface area contributed by atoms with Crippen LogP contribution in [0.25, 0.3) is 0 Å². The first kappa shape index (κ1) is 13.3. The average molecular weight is 264 g/mol. The van der Waals surface area contributed by atoms with Crippen LogP contribution >= 0.6 is 0 Å². The van der Waals surface area contributed by atoms with Crippen LogP contribution in [0.4, 0.5) is 0 Å². The minimum Gasteiger partial charge on any atom is -0.481 e. The maximum atomic E-state index is 12.0. The highest BCUT2D eigenvalue weighted by Crippen LogP contribution is 2.25. The Bertz CT molecular complexity index is 564. The summed E-state index contributed by atoms with van der Waals surface area (Å²) in [6, 6.07) is 2.69. The molecule has 0 saturated heterocycles. The zero-order chi connectivity index (χ0) is 14.0. The van der Waals surface area contributed by atoms with E-state index in [0.717, 1.165) is 6.42 Å². The molecule has 102 valence electrons. The zero-order valence-electron chi connectivity index (χ0n) is 10.6. The summed E-state index contributed by atoms with van der Waals surface area (Å²) in [6.45, 7) is 1.72. The number of aliphatic carboxylic acids is 1. The van der Waals surface area contributed by atoms with E-state index in [1.165, 1.54) is 6.07 Å². The molecule has 2 rings (SSSR count). The van der Waals surface area contributed by atoms with Gasteiger partial charge in [-0.1, -0.05) is 6.42 Å². The van der Waals surface area contributed by atoms with Gasteiger partial charge in [-0.25, -0.2) is 0 Å². The Balaban J connectivity index is 2.13. The topological polar surface area (TPSA) is 99.3 Å². The zero-order valence-corrected chi connectivity index (χ0v) is 10.6. The fraction of sp³-hybridized carbons (Fsp3) is 0.462. The molecule has 1 aliphatic carbocycles. The minimum absolute atomic E-state index is 0.0154. The number of hydrogen-bond donors (Lipinski definition) is 3. The Morgan fingerprint density at radius 2 is 2.11 bits per heavy atom. The first-order valence-electron chi connectivity index (χ1n) is 6.22. The molecule has 19 heavy (non-hydrogen) atoms. The van der Waals surface area contributed by atoms with E-state index < -0.39 is 29.4 Å². The molecule has 6 nitrogen and oxygen atoms in total. The predicted molar refractivity (Wildman–Crippen MR) is 68.0 cm³/mol. The summed E-state index contributed by atoms with van der Waals surface area (Å²) >= 11 is 0. The van der Waals surface area contributed by atoms with Crippen molar-refractivity contribution in [2.24, 2.45) is 5.92 Å². The summed E-state index contributed by atoms with van der Waals surface area (Å²) in [5.74, 6) is -1.98. The highest BCUT2D eigenvalue weighted by atomic mass is 16.4. The fourth-order valence-electron chi connectivity index (χ4n) is 2.43. The molecule has 1 aromatic rings. The first-order chi connectivity index (χ1) is 8.99. The lowest BCUT2D eigenvalue weighted by Crippen LogP contribution is -2.41. The van der Waals surface area contributed by atoms with Crippen molar-refractivity contribution in [2.45, 2.75) is 32.2 Å². The number of rotatable bonds is 3. The Morgan fingerprint density at radius 1 is 1.37 bits per heavy atom.